The van der Waals surface area contributed by atoms with E-state index in [1.807, 2.05) is 30.3 Å². The third-order valence-electron chi connectivity index (χ3n) is 4.63. The Kier molecular flexibility index (Phi) is 4.91. The minimum absolute atomic E-state index is 0.0678. The number of rotatable bonds is 5. The van der Waals surface area contributed by atoms with Crippen molar-refractivity contribution in [2.45, 2.75) is 25.3 Å². The largest absolute Gasteiger partial charge is 0.467 e. The zero-order chi connectivity index (χ0) is 18.8. The number of ether oxygens (including phenoxy) is 2. The van der Waals surface area contributed by atoms with E-state index in [0.29, 0.717) is 12.2 Å². The standard InChI is InChI=1S/C19H19N3O4S/c1-25-10-26-16-5-3-2-4-12(16)15-9-14-13-8-11(20-19(23)24)6-7-17(13)27-18(14)22-21-15/h2-5,9,11,20H,6-8,10H2,1H3,(H,23,24). The summed E-state index contributed by atoms with van der Waals surface area (Å²) in [6.07, 6.45) is 1.35. The number of thiophene rings is 1. The normalized spacial score (nSPS) is 16.1. The highest BCUT2D eigenvalue weighted by molar-refractivity contribution is 7.18. The summed E-state index contributed by atoms with van der Waals surface area (Å²) in [5, 5.41) is 21.5. The second-order valence-electron chi connectivity index (χ2n) is 6.39. The van der Waals surface area contributed by atoms with Crippen molar-refractivity contribution >= 4 is 27.6 Å². The fourth-order valence-corrected chi connectivity index (χ4v) is 4.58. The molecule has 0 aliphatic heterocycles. The van der Waals surface area contributed by atoms with Crippen molar-refractivity contribution in [1.82, 2.24) is 15.5 Å². The van der Waals surface area contributed by atoms with Crippen LogP contribution in [-0.4, -0.2) is 41.3 Å². The molecule has 2 N–H and O–H groups in total. The van der Waals surface area contributed by atoms with E-state index in [1.165, 1.54) is 10.4 Å². The predicted molar refractivity (Wildman–Crippen MR) is 102 cm³/mol. The number of carbonyl (C=O) groups is 1. The van der Waals surface area contributed by atoms with Crippen LogP contribution in [0.4, 0.5) is 4.79 Å². The number of fused-ring (bicyclic) bond motifs is 3. The number of hydrogen-bond acceptors (Lipinski definition) is 6. The van der Waals surface area contributed by atoms with E-state index in [4.69, 9.17) is 14.6 Å². The topological polar surface area (TPSA) is 93.6 Å². The van der Waals surface area contributed by atoms with E-state index in [1.54, 1.807) is 18.4 Å². The molecule has 8 heteroatoms. The van der Waals surface area contributed by atoms with E-state index in [2.05, 4.69) is 15.5 Å². The molecule has 7 nitrogen and oxygen atoms in total. The highest BCUT2D eigenvalue weighted by Gasteiger charge is 2.25. The lowest BCUT2D eigenvalue weighted by Gasteiger charge is -2.22. The van der Waals surface area contributed by atoms with Gasteiger partial charge < -0.3 is 19.9 Å². The maximum Gasteiger partial charge on any atom is 0.404 e. The number of hydrogen-bond donors (Lipinski definition) is 2. The summed E-state index contributed by atoms with van der Waals surface area (Å²) in [6, 6.07) is 9.59. The molecule has 1 atom stereocenters. The highest BCUT2D eigenvalue weighted by Crippen LogP contribution is 2.37. The molecule has 2 aromatic heterocycles. The summed E-state index contributed by atoms with van der Waals surface area (Å²) in [7, 11) is 1.58. The summed E-state index contributed by atoms with van der Waals surface area (Å²) >= 11 is 1.64. The van der Waals surface area contributed by atoms with Crippen LogP contribution < -0.4 is 10.1 Å². The Bertz CT molecular complexity index is 988. The second kappa shape index (κ2) is 7.50. The van der Waals surface area contributed by atoms with Gasteiger partial charge in [0.15, 0.2) is 6.79 Å². The first kappa shape index (κ1) is 17.7. The zero-order valence-electron chi connectivity index (χ0n) is 14.8. The average Bonchev–Trinajstić information content (AvgIpc) is 3.03. The minimum atomic E-state index is -0.979. The predicted octanol–water partition coefficient (Wildman–Crippen LogP) is 3.47. The Morgan fingerprint density at radius 1 is 1.37 bits per heavy atom. The smallest absolute Gasteiger partial charge is 0.404 e. The Morgan fingerprint density at radius 3 is 3.04 bits per heavy atom. The molecule has 140 valence electrons. The average molecular weight is 385 g/mol. The molecule has 0 spiro atoms. The molecule has 0 fully saturated rings. The molecule has 1 amide bonds. The quantitative estimate of drug-likeness (QED) is 0.653. The molecule has 27 heavy (non-hydrogen) atoms. The van der Waals surface area contributed by atoms with Gasteiger partial charge in [0.25, 0.3) is 0 Å². The van der Waals surface area contributed by atoms with Crippen molar-refractivity contribution in [3.63, 3.8) is 0 Å². The molecule has 3 aromatic rings. The van der Waals surface area contributed by atoms with Gasteiger partial charge in [0, 0.05) is 29.0 Å². The molecule has 0 saturated carbocycles. The third-order valence-corrected chi connectivity index (χ3v) is 5.83. The number of aromatic nitrogens is 2. The lowest BCUT2D eigenvalue weighted by atomic mass is 9.92. The van der Waals surface area contributed by atoms with Crippen molar-refractivity contribution in [2.75, 3.05) is 13.9 Å². The fraction of sp³-hybridized carbons (Fsp3) is 0.316. The summed E-state index contributed by atoms with van der Waals surface area (Å²) in [5.41, 5.74) is 2.74. The molecule has 1 unspecified atom stereocenters. The van der Waals surface area contributed by atoms with E-state index < -0.39 is 6.09 Å². The number of benzene rings is 1. The van der Waals surface area contributed by atoms with Crippen molar-refractivity contribution in [3.8, 4) is 17.0 Å². The van der Waals surface area contributed by atoms with Crippen molar-refractivity contribution in [1.29, 1.82) is 0 Å². The van der Waals surface area contributed by atoms with Gasteiger partial charge >= 0.3 is 6.09 Å². The minimum Gasteiger partial charge on any atom is -0.467 e. The maximum absolute atomic E-state index is 11.0. The van der Waals surface area contributed by atoms with Gasteiger partial charge in [-0.15, -0.1) is 21.5 Å². The molecule has 0 saturated heterocycles. The third kappa shape index (κ3) is 3.58. The van der Waals surface area contributed by atoms with Crippen LogP contribution in [0.5, 0.6) is 5.75 Å². The van der Waals surface area contributed by atoms with Gasteiger partial charge in [-0.25, -0.2) is 4.79 Å². The van der Waals surface area contributed by atoms with Crippen molar-refractivity contribution < 1.29 is 19.4 Å². The molecular weight excluding hydrogens is 366 g/mol. The first-order valence-corrected chi connectivity index (χ1v) is 9.46. The molecule has 0 radical (unpaired) electrons. The van der Waals surface area contributed by atoms with Crippen LogP contribution in [0.3, 0.4) is 0 Å². The Hall–Kier alpha value is -2.71. The fourth-order valence-electron chi connectivity index (χ4n) is 3.44. The van der Waals surface area contributed by atoms with Crippen LogP contribution >= 0.6 is 11.3 Å². The van der Waals surface area contributed by atoms with Crippen LogP contribution in [-0.2, 0) is 17.6 Å². The Balaban J connectivity index is 1.72. The van der Waals surface area contributed by atoms with E-state index in [0.717, 1.165) is 34.3 Å². The number of nitrogens with zero attached hydrogens (tertiary/aromatic N) is 2. The summed E-state index contributed by atoms with van der Waals surface area (Å²) in [5.74, 6) is 0.683. The van der Waals surface area contributed by atoms with Crippen LogP contribution in [0, 0.1) is 0 Å². The van der Waals surface area contributed by atoms with Crippen LogP contribution in [0.2, 0.25) is 0 Å². The van der Waals surface area contributed by atoms with Crippen LogP contribution in [0.15, 0.2) is 30.3 Å². The highest BCUT2D eigenvalue weighted by atomic mass is 32.1. The van der Waals surface area contributed by atoms with Gasteiger partial charge in [0.1, 0.15) is 10.6 Å². The zero-order valence-corrected chi connectivity index (χ0v) is 15.6. The van der Waals surface area contributed by atoms with Gasteiger partial charge in [0.2, 0.25) is 0 Å². The molecule has 0 bridgehead atoms. The molecule has 1 aliphatic carbocycles. The number of methoxy groups -OCH3 is 1. The molecule has 1 aliphatic rings. The van der Waals surface area contributed by atoms with Crippen LogP contribution in [0.1, 0.15) is 16.9 Å². The second-order valence-corrected chi connectivity index (χ2v) is 7.47. The van der Waals surface area contributed by atoms with E-state index in [9.17, 15) is 4.79 Å². The number of aryl methyl sites for hydroxylation is 1. The van der Waals surface area contributed by atoms with Crippen LogP contribution in [0.25, 0.3) is 21.5 Å². The molecule has 2 heterocycles. The van der Waals surface area contributed by atoms with E-state index >= 15 is 0 Å². The van der Waals surface area contributed by atoms with Gasteiger partial charge in [-0.05, 0) is 43.0 Å². The number of carboxylic acid groups (broad SMARTS) is 1. The van der Waals surface area contributed by atoms with Crippen molar-refractivity contribution in [3.05, 3.63) is 40.8 Å². The summed E-state index contributed by atoms with van der Waals surface area (Å²) in [4.78, 5) is 13.1. The monoisotopic (exact) mass is 385 g/mol. The molecular formula is C19H19N3O4S. The number of para-hydroxylation sites is 1. The summed E-state index contributed by atoms with van der Waals surface area (Å²) < 4.78 is 10.6. The number of nitrogens with one attached hydrogen (secondary N) is 1. The van der Waals surface area contributed by atoms with E-state index in [-0.39, 0.29) is 12.8 Å². The van der Waals surface area contributed by atoms with Crippen molar-refractivity contribution in [2.24, 2.45) is 0 Å². The first-order valence-electron chi connectivity index (χ1n) is 8.64. The maximum atomic E-state index is 11.0. The summed E-state index contributed by atoms with van der Waals surface area (Å²) in [6.45, 7) is 0.156. The lowest BCUT2D eigenvalue weighted by molar-refractivity contribution is 0.0515. The molecule has 4 rings (SSSR count). The van der Waals surface area contributed by atoms with Gasteiger partial charge in [-0.1, -0.05) is 12.1 Å². The van der Waals surface area contributed by atoms with Gasteiger partial charge in [0.05, 0.1) is 5.69 Å². The molecule has 1 aromatic carbocycles. The first-order chi connectivity index (χ1) is 13.2. The van der Waals surface area contributed by atoms with Gasteiger partial charge in [-0.3, -0.25) is 0 Å². The number of amides is 1. The Morgan fingerprint density at radius 2 is 2.22 bits per heavy atom. The SMILES string of the molecule is COCOc1ccccc1-c1cc2c3c(sc2nn1)CCC(NC(=O)O)C3. The Labute approximate surface area is 159 Å². The lowest BCUT2D eigenvalue weighted by Crippen LogP contribution is -2.37. The van der Waals surface area contributed by atoms with Gasteiger partial charge in [-0.2, -0.15) is 0 Å².